The summed E-state index contributed by atoms with van der Waals surface area (Å²) >= 11 is 5.77. The Labute approximate surface area is 75.6 Å². The van der Waals surface area contributed by atoms with E-state index in [0.717, 1.165) is 22.3 Å². The van der Waals surface area contributed by atoms with E-state index in [1.165, 1.54) is 0 Å². The molecule has 62 valence electrons. The minimum absolute atomic E-state index is 0.538. The molecule has 0 amide bonds. The molecule has 0 radical (unpaired) electrons. The maximum absolute atomic E-state index is 5.77. The van der Waals surface area contributed by atoms with Gasteiger partial charge in [0.25, 0.3) is 0 Å². The smallest absolute Gasteiger partial charge is 0.137 e. The van der Waals surface area contributed by atoms with Crippen molar-refractivity contribution in [1.82, 2.24) is 9.97 Å². The number of pyridine rings is 1. The summed E-state index contributed by atoms with van der Waals surface area (Å²) in [6.07, 6.45) is 1.77. The third-order valence-electron chi connectivity index (χ3n) is 1.90. The van der Waals surface area contributed by atoms with Gasteiger partial charge in [0, 0.05) is 23.2 Å². The first kappa shape index (κ1) is 7.62. The third-order valence-corrected chi connectivity index (χ3v) is 2.19. The molecule has 2 nitrogen and oxygen atoms in total. The second-order valence-electron chi connectivity index (χ2n) is 2.82. The predicted molar refractivity (Wildman–Crippen MR) is 50.4 cm³/mol. The topological polar surface area (TPSA) is 28.7 Å². The molecule has 0 aliphatic rings. The number of aryl methyl sites for hydroxylation is 1. The van der Waals surface area contributed by atoms with Gasteiger partial charge in [-0.2, -0.15) is 0 Å². The molecular weight excluding hydrogens is 172 g/mol. The minimum atomic E-state index is 0.538. The van der Waals surface area contributed by atoms with E-state index < -0.39 is 0 Å². The van der Waals surface area contributed by atoms with Gasteiger partial charge >= 0.3 is 0 Å². The van der Waals surface area contributed by atoms with Gasteiger partial charge in [0.05, 0.1) is 0 Å². The summed E-state index contributed by atoms with van der Waals surface area (Å²) in [5.74, 6) is 0.538. The average Bonchev–Trinajstić information content (AvgIpc) is 2.44. The van der Waals surface area contributed by atoms with Gasteiger partial charge in [-0.25, -0.2) is 4.98 Å². The van der Waals surface area contributed by atoms with Crippen molar-refractivity contribution in [2.75, 3.05) is 0 Å². The van der Waals surface area contributed by atoms with Gasteiger partial charge in [-0.15, -0.1) is 11.6 Å². The van der Waals surface area contributed by atoms with Gasteiger partial charge in [0.2, 0.25) is 0 Å². The summed E-state index contributed by atoms with van der Waals surface area (Å²) in [5, 5.41) is 1.13. The maximum Gasteiger partial charge on any atom is 0.137 e. The van der Waals surface area contributed by atoms with Crippen molar-refractivity contribution in [3.8, 4) is 0 Å². The molecule has 0 saturated heterocycles. The van der Waals surface area contributed by atoms with Crippen LogP contribution in [0.25, 0.3) is 11.0 Å². The lowest BCUT2D eigenvalue weighted by Crippen LogP contribution is -1.81. The second-order valence-corrected chi connectivity index (χ2v) is 3.09. The summed E-state index contributed by atoms with van der Waals surface area (Å²) < 4.78 is 0. The van der Waals surface area contributed by atoms with Gasteiger partial charge in [0.15, 0.2) is 0 Å². The van der Waals surface area contributed by atoms with Gasteiger partial charge in [-0.3, -0.25) is 0 Å². The van der Waals surface area contributed by atoms with Crippen LogP contribution in [0.3, 0.4) is 0 Å². The van der Waals surface area contributed by atoms with Crippen molar-refractivity contribution >= 4 is 22.6 Å². The van der Waals surface area contributed by atoms with Gasteiger partial charge < -0.3 is 4.98 Å². The Morgan fingerprint density at radius 2 is 2.42 bits per heavy atom. The highest BCUT2D eigenvalue weighted by Crippen LogP contribution is 2.18. The Morgan fingerprint density at radius 1 is 1.58 bits per heavy atom. The Hall–Kier alpha value is -1.02. The van der Waals surface area contributed by atoms with Crippen molar-refractivity contribution in [2.45, 2.75) is 12.8 Å². The summed E-state index contributed by atoms with van der Waals surface area (Å²) in [6.45, 7) is 2.01. The Bertz CT molecular complexity index is 406. The number of nitrogens with zero attached hydrogens (tertiary/aromatic N) is 1. The fourth-order valence-electron chi connectivity index (χ4n) is 1.33. The van der Waals surface area contributed by atoms with E-state index >= 15 is 0 Å². The van der Waals surface area contributed by atoms with Crippen LogP contribution in [0, 0.1) is 6.92 Å². The number of aromatic nitrogens is 2. The van der Waals surface area contributed by atoms with Gasteiger partial charge in [0.1, 0.15) is 5.65 Å². The molecule has 12 heavy (non-hydrogen) atoms. The lowest BCUT2D eigenvalue weighted by atomic mass is 10.2. The number of alkyl halides is 1. The molecule has 2 aromatic heterocycles. The molecular formula is C9H9ClN2. The van der Waals surface area contributed by atoms with E-state index in [4.69, 9.17) is 11.6 Å². The number of nitrogens with one attached hydrogen (secondary N) is 1. The fraction of sp³-hybridized carbons (Fsp3) is 0.222. The Balaban J connectivity index is 2.78. The first-order valence-electron chi connectivity index (χ1n) is 3.80. The molecule has 0 aromatic carbocycles. The summed E-state index contributed by atoms with van der Waals surface area (Å²) in [5.41, 5.74) is 3.17. The molecule has 0 saturated carbocycles. The zero-order valence-corrected chi connectivity index (χ0v) is 7.52. The average molecular weight is 181 g/mol. The molecule has 0 bridgehead atoms. The number of fused-ring (bicyclic) bond motifs is 1. The Morgan fingerprint density at radius 3 is 3.17 bits per heavy atom. The summed E-state index contributed by atoms with van der Waals surface area (Å²) in [4.78, 5) is 7.36. The van der Waals surface area contributed by atoms with E-state index in [2.05, 4.69) is 16.0 Å². The standard InChI is InChI=1S/C9H9ClN2/c1-6-4-8-7(5-10)2-3-11-9(8)12-6/h2-4H,5H2,1H3,(H,11,12). The number of H-pyrrole nitrogens is 1. The molecule has 1 N–H and O–H groups in total. The number of rotatable bonds is 1. The van der Waals surface area contributed by atoms with Gasteiger partial charge in [-0.05, 0) is 24.6 Å². The van der Waals surface area contributed by atoms with Crippen LogP contribution in [-0.4, -0.2) is 9.97 Å². The lowest BCUT2D eigenvalue weighted by Gasteiger charge is -1.94. The largest absolute Gasteiger partial charge is 0.344 e. The van der Waals surface area contributed by atoms with Crippen molar-refractivity contribution in [3.63, 3.8) is 0 Å². The Kier molecular flexibility index (Phi) is 1.77. The molecule has 2 heterocycles. The zero-order chi connectivity index (χ0) is 8.55. The van der Waals surface area contributed by atoms with Crippen LogP contribution < -0.4 is 0 Å². The highest BCUT2D eigenvalue weighted by Gasteiger charge is 2.02. The lowest BCUT2D eigenvalue weighted by molar-refractivity contribution is 1.24. The first-order valence-corrected chi connectivity index (χ1v) is 4.34. The summed E-state index contributed by atoms with van der Waals surface area (Å²) in [6, 6.07) is 4.02. The SMILES string of the molecule is Cc1cc2c(CCl)ccnc2[nH]1. The van der Waals surface area contributed by atoms with E-state index in [9.17, 15) is 0 Å². The normalized spacial score (nSPS) is 10.8. The van der Waals surface area contributed by atoms with E-state index in [-0.39, 0.29) is 0 Å². The predicted octanol–water partition coefficient (Wildman–Crippen LogP) is 2.61. The van der Waals surface area contributed by atoms with Crippen LogP contribution in [0.15, 0.2) is 18.3 Å². The third kappa shape index (κ3) is 1.08. The van der Waals surface area contributed by atoms with Crippen molar-refractivity contribution < 1.29 is 0 Å². The molecule has 0 aliphatic carbocycles. The van der Waals surface area contributed by atoms with Crippen LogP contribution in [0.4, 0.5) is 0 Å². The van der Waals surface area contributed by atoms with Crippen LogP contribution in [0.5, 0.6) is 0 Å². The fourth-order valence-corrected chi connectivity index (χ4v) is 1.56. The molecule has 0 unspecified atom stereocenters. The first-order chi connectivity index (χ1) is 5.81. The number of hydrogen-bond acceptors (Lipinski definition) is 1. The number of aromatic amines is 1. The molecule has 3 heteroatoms. The number of halogens is 1. The van der Waals surface area contributed by atoms with E-state index in [0.29, 0.717) is 5.88 Å². The molecule has 0 spiro atoms. The van der Waals surface area contributed by atoms with Crippen LogP contribution in [-0.2, 0) is 5.88 Å². The second kappa shape index (κ2) is 2.79. The van der Waals surface area contributed by atoms with Crippen molar-refractivity contribution in [2.24, 2.45) is 0 Å². The molecule has 2 rings (SSSR count). The van der Waals surface area contributed by atoms with E-state index in [1.807, 2.05) is 13.0 Å². The molecule has 2 aromatic rings. The quantitative estimate of drug-likeness (QED) is 0.672. The highest BCUT2D eigenvalue weighted by molar-refractivity contribution is 6.17. The summed E-state index contributed by atoms with van der Waals surface area (Å²) in [7, 11) is 0. The monoisotopic (exact) mass is 180 g/mol. The molecule has 0 aliphatic heterocycles. The highest BCUT2D eigenvalue weighted by atomic mass is 35.5. The van der Waals surface area contributed by atoms with E-state index in [1.54, 1.807) is 6.20 Å². The molecule has 0 atom stereocenters. The van der Waals surface area contributed by atoms with Crippen molar-refractivity contribution in [3.05, 3.63) is 29.6 Å². The maximum atomic E-state index is 5.77. The van der Waals surface area contributed by atoms with Crippen LogP contribution >= 0.6 is 11.6 Å². The number of hydrogen-bond donors (Lipinski definition) is 1. The molecule has 0 fully saturated rings. The zero-order valence-electron chi connectivity index (χ0n) is 6.76. The van der Waals surface area contributed by atoms with Crippen LogP contribution in [0.2, 0.25) is 0 Å². The van der Waals surface area contributed by atoms with Gasteiger partial charge in [-0.1, -0.05) is 0 Å². The minimum Gasteiger partial charge on any atom is -0.344 e. The van der Waals surface area contributed by atoms with Crippen LogP contribution in [0.1, 0.15) is 11.3 Å². The van der Waals surface area contributed by atoms with Crippen molar-refractivity contribution in [1.29, 1.82) is 0 Å².